The van der Waals surface area contributed by atoms with E-state index in [1.54, 1.807) is 12.1 Å². The number of hydrogen-bond donors (Lipinski definition) is 1. The van der Waals surface area contributed by atoms with E-state index in [1.807, 2.05) is 26.0 Å². The van der Waals surface area contributed by atoms with Gasteiger partial charge in [-0.1, -0.05) is 37.6 Å². The monoisotopic (exact) mass is 238 g/mol. The van der Waals surface area contributed by atoms with Crippen molar-refractivity contribution in [2.24, 2.45) is 5.41 Å². The third-order valence-electron chi connectivity index (χ3n) is 2.45. The molecule has 0 heterocycles. The van der Waals surface area contributed by atoms with Crippen molar-refractivity contribution in [3.63, 3.8) is 0 Å². The summed E-state index contributed by atoms with van der Waals surface area (Å²) in [5.74, 6) is -0.0926. The second-order valence-corrected chi connectivity index (χ2v) is 4.80. The van der Waals surface area contributed by atoms with Crippen LogP contribution in [-0.4, -0.2) is 10.9 Å². The number of ketones is 1. The predicted molar refractivity (Wildman–Crippen MR) is 65.7 cm³/mol. The summed E-state index contributed by atoms with van der Waals surface area (Å²) in [7, 11) is 0. The van der Waals surface area contributed by atoms with Crippen LogP contribution >= 0.6 is 11.6 Å². The molecule has 0 aromatic heterocycles. The van der Waals surface area contributed by atoms with Gasteiger partial charge in [0.2, 0.25) is 0 Å². The summed E-state index contributed by atoms with van der Waals surface area (Å²) in [4.78, 5) is 11.7. The molecule has 2 nitrogen and oxygen atoms in total. The first-order valence-electron chi connectivity index (χ1n) is 5.05. The molecule has 16 heavy (non-hydrogen) atoms. The average molecular weight is 239 g/mol. The third kappa shape index (κ3) is 3.38. The van der Waals surface area contributed by atoms with Gasteiger partial charge in [0.25, 0.3) is 0 Å². The van der Waals surface area contributed by atoms with Gasteiger partial charge >= 0.3 is 0 Å². The second kappa shape index (κ2) is 5.17. The molecular weight excluding hydrogens is 224 g/mol. The Morgan fingerprint density at radius 3 is 2.44 bits per heavy atom. The van der Waals surface area contributed by atoms with E-state index in [-0.39, 0.29) is 5.78 Å². The quantitative estimate of drug-likeness (QED) is 0.643. The topological polar surface area (TPSA) is 37.3 Å². The number of halogens is 1. The van der Waals surface area contributed by atoms with Gasteiger partial charge in [-0.2, -0.15) is 0 Å². The Hall–Kier alpha value is -1.28. The van der Waals surface area contributed by atoms with Crippen LogP contribution in [0.4, 0.5) is 0 Å². The minimum atomic E-state index is -0.521. The minimum Gasteiger partial charge on any atom is -0.515 e. The summed E-state index contributed by atoms with van der Waals surface area (Å²) >= 11 is 5.78. The summed E-state index contributed by atoms with van der Waals surface area (Å²) in [5.41, 5.74) is 0.529. The molecule has 0 radical (unpaired) electrons. The van der Waals surface area contributed by atoms with Crippen LogP contribution in [0.5, 0.6) is 0 Å². The van der Waals surface area contributed by atoms with Crippen LogP contribution < -0.4 is 0 Å². The minimum absolute atomic E-state index is 0.0926. The number of hydrogen-bond acceptors (Lipinski definition) is 2. The molecule has 0 unspecified atom stereocenters. The number of carbonyl (C=O) groups excluding carboxylic acids is 1. The van der Waals surface area contributed by atoms with Gasteiger partial charge in [-0.3, -0.25) is 4.79 Å². The number of allylic oxidation sites excluding steroid dienone is 1. The van der Waals surface area contributed by atoms with E-state index in [0.717, 1.165) is 11.8 Å². The normalized spacial score (nSPS) is 11.9. The zero-order valence-corrected chi connectivity index (χ0v) is 10.2. The lowest BCUT2D eigenvalue weighted by Gasteiger charge is -2.21. The Kier molecular flexibility index (Phi) is 4.13. The highest BCUT2D eigenvalue weighted by Gasteiger charge is 2.25. The van der Waals surface area contributed by atoms with Crippen molar-refractivity contribution in [3.8, 4) is 0 Å². The number of aliphatic hydroxyl groups excluding tert-OH is 1. The zero-order chi connectivity index (χ0) is 12.2. The number of benzene rings is 1. The molecule has 1 aromatic rings. The van der Waals surface area contributed by atoms with Crippen molar-refractivity contribution in [1.82, 2.24) is 0 Å². The van der Waals surface area contributed by atoms with Crippen LogP contribution in [0.3, 0.4) is 0 Å². The summed E-state index contributed by atoms with van der Waals surface area (Å²) in [5, 5.41) is 9.27. The summed E-state index contributed by atoms with van der Waals surface area (Å²) in [6, 6.07) is 7.42. The van der Waals surface area contributed by atoms with Crippen molar-refractivity contribution in [3.05, 3.63) is 47.2 Å². The van der Waals surface area contributed by atoms with Gasteiger partial charge in [0.1, 0.15) is 0 Å². The van der Waals surface area contributed by atoms with Crippen LogP contribution in [-0.2, 0) is 11.2 Å². The standard InChI is InChI=1S/C13H15ClO2/c1-13(2,12(16)7-8-15)9-10-3-5-11(14)6-4-10/h3-8,15H,9H2,1-2H3. The van der Waals surface area contributed by atoms with Gasteiger partial charge in [-0.15, -0.1) is 0 Å². The maximum Gasteiger partial charge on any atom is 0.164 e. The average Bonchev–Trinajstić information content (AvgIpc) is 2.21. The Morgan fingerprint density at radius 2 is 1.94 bits per heavy atom. The summed E-state index contributed by atoms with van der Waals surface area (Å²) < 4.78 is 0. The molecule has 3 heteroatoms. The molecule has 0 aliphatic rings. The lowest BCUT2D eigenvalue weighted by atomic mass is 9.82. The van der Waals surface area contributed by atoms with Gasteiger partial charge in [-0.25, -0.2) is 0 Å². The van der Waals surface area contributed by atoms with E-state index in [2.05, 4.69) is 0 Å². The molecule has 1 aromatic carbocycles. The first-order valence-corrected chi connectivity index (χ1v) is 5.43. The third-order valence-corrected chi connectivity index (χ3v) is 2.70. The zero-order valence-electron chi connectivity index (χ0n) is 9.40. The molecule has 1 N–H and O–H groups in total. The van der Waals surface area contributed by atoms with Crippen LogP contribution in [0.1, 0.15) is 19.4 Å². The molecule has 0 fully saturated rings. The largest absolute Gasteiger partial charge is 0.515 e. The molecule has 86 valence electrons. The van der Waals surface area contributed by atoms with E-state index in [0.29, 0.717) is 11.4 Å². The lowest BCUT2D eigenvalue weighted by molar-refractivity contribution is -0.122. The molecule has 0 atom stereocenters. The molecule has 0 aliphatic heterocycles. The van der Waals surface area contributed by atoms with E-state index in [1.165, 1.54) is 6.08 Å². The van der Waals surface area contributed by atoms with Crippen LogP contribution in [0.15, 0.2) is 36.6 Å². The van der Waals surface area contributed by atoms with Crippen molar-refractivity contribution in [2.45, 2.75) is 20.3 Å². The molecule has 0 saturated carbocycles. The van der Waals surface area contributed by atoms with Crippen LogP contribution in [0.2, 0.25) is 5.02 Å². The first-order chi connectivity index (χ1) is 7.45. The SMILES string of the molecule is CC(C)(Cc1ccc(Cl)cc1)C(=O)C=CO. The number of carbonyl (C=O) groups is 1. The van der Waals surface area contributed by atoms with Gasteiger partial charge < -0.3 is 5.11 Å². The molecule has 0 aliphatic carbocycles. The highest BCUT2D eigenvalue weighted by Crippen LogP contribution is 2.24. The lowest BCUT2D eigenvalue weighted by Crippen LogP contribution is -2.25. The Morgan fingerprint density at radius 1 is 1.38 bits per heavy atom. The Bertz CT molecular complexity index is 391. The highest BCUT2D eigenvalue weighted by atomic mass is 35.5. The predicted octanol–water partition coefficient (Wildman–Crippen LogP) is 3.55. The van der Waals surface area contributed by atoms with E-state index in [9.17, 15) is 4.79 Å². The fourth-order valence-corrected chi connectivity index (χ4v) is 1.62. The number of rotatable bonds is 4. The number of aliphatic hydroxyl groups is 1. The molecular formula is C13H15ClO2. The molecule has 0 spiro atoms. The maximum absolute atomic E-state index is 11.7. The first kappa shape index (κ1) is 12.8. The van der Waals surface area contributed by atoms with E-state index < -0.39 is 5.41 Å². The smallest absolute Gasteiger partial charge is 0.164 e. The van der Waals surface area contributed by atoms with Gasteiger partial charge in [-0.05, 0) is 24.1 Å². The summed E-state index contributed by atoms with van der Waals surface area (Å²) in [6.45, 7) is 3.70. The van der Waals surface area contributed by atoms with Crippen molar-refractivity contribution in [2.75, 3.05) is 0 Å². The second-order valence-electron chi connectivity index (χ2n) is 4.37. The van der Waals surface area contributed by atoms with Crippen LogP contribution in [0, 0.1) is 5.41 Å². The molecule has 0 bridgehead atoms. The molecule has 0 amide bonds. The van der Waals surface area contributed by atoms with E-state index in [4.69, 9.17) is 16.7 Å². The Balaban J connectivity index is 2.79. The maximum atomic E-state index is 11.7. The Labute approximate surface area is 101 Å². The van der Waals surface area contributed by atoms with Gasteiger partial charge in [0, 0.05) is 16.5 Å². The fourth-order valence-electron chi connectivity index (χ4n) is 1.49. The molecule has 0 saturated heterocycles. The van der Waals surface area contributed by atoms with Gasteiger partial charge in [0.15, 0.2) is 5.78 Å². The fraction of sp³-hybridized carbons (Fsp3) is 0.308. The van der Waals surface area contributed by atoms with Crippen molar-refractivity contribution >= 4 is 17.4 Å². The molecule has 1 rings (SSSR count). The van der Waals surface area contributed by atoms with Gasteiger partial charge in [0.05, 0.1) is 6.26 Å². The van der Waals surface area contributed by atoms with E-state index >= 15 is 0 Å². The highest BCUT2D eigenvalue weighted by molar-refractivity contribution is 6.30. The van der Waals surface area contributed by atoms with Crippen molar-refractivity contribution < 1.29 is 9.90 Å². The summed E-state index contributed by atoms with van der Waals surface area (Å²) in [6.07, 6.45) is 2.59. The van der Waals surface area contributed by atoms with Crippen molar-refractivity contribution in [1.29, 1.82) is 0 Å². The van der Waals surface area contributed by atoms with Crippen LogP contribution in [0.25, 0.3) is 0 Å².